The second-order valence-corrected chi connectivity index (χ2v) is 6.41. The van der Waals surface area contributed by atoms with Gasteiger partial charge in [0.05, 0.1) is 25.8 Å². The third-order valence-corrected chi connectivity index (χ3v) is 4.64. The van der Waals surface area contributed by atoms with Gasteiger partial charge in [-0.2, -0.15) is 0 Å². The zero-order valence-corrected chi connectivity index (χ0v) is 15.7. The Labute approximate surface area is 162 Å². The van der Waals surface area contributed by atoms with Crippen LogP contribution in [0.5, 0.6) is 5.75 Å². The molecule has 28 heavy (non-hydrogen) atoms. The van der Waals surface area contributed by atoms with E-state index < -0.39 is 29.7 Å². The van der Waals surface area contributed by atoms with Gasteiger partial charge in [0, 0.05) is 11.1 Å². The van der Waals surface area contributed by atoms with E-state index in [4.69, 9.17) is 9.47 Å². The number of amides is 1. The van der Waals surface area contributed by atoms with Crippen molar-refractivity contribution in [2.75, 3.05) is 25.2 Å². The van der Waals surface area contributed by atoms with E-state index in [0.717, 1.165) is 4.90 Å². The number of benzene rings is 2. The molecule has 1 aliphatic heterocycles. The van der Waals surface area contributed by atoms with Gasteiger partial charge in [0.15, 0.2) is 11.4 Å². The Kier molecular flexibility index (Phi) is 5.46. The fraction of sp³-hybridized carbons (Fsp3) is 0.286. The number of para-hydroxylation sites is 1. The van der Waals surface area contributed by atoms with Gasteiger partial charge in [-0.05, 0) is 25.1 Å². The number of rotatable bonds is 7. The van der Waals surface area contributed by atoms with Crippen LogP contribution < -0.4 is 9.64 Å². The van der Waals surface area contributed by atoms with Crippen LogP contribution in [0.2, 0.25) is 0 Å². The van der Waals surface area contributed by atoms with Gasteiger partial charge in [-0.15, -0.1) is 0 Å². The van der Waals surface area contributed by atoms with Crippen molar-refractivity contribution in [3.05, 3.63) is 59.7 Å². The number of fused-ring (bicyclic) bond motifs is 1. The van der Waals surface area contributed by atoms with Gasteiger partial charge in [-0.25, -0.2) is 0 Å². The first-order chi connectivity index (χ1) is 13.4. The topological polar surface area (TPSA) is 93.1 Å². The normalized spacial score (nSPS) is 18.0. The molecule has 0 aliphatic carbocycles. The van der Waals surface area contributed by atoms with E-state index in [2.05, 4.69) is 0 Å². The van der Waals surface area contributed by atoms with Crippen LogP contribution in [0, 0.1) is 0 Å². The number of carbonyl (C=O) groups is 3. The van der Waals surface area contributed by atoms with E-state index in [1.54, 1.807) is 55.5 Å². The summed E-state index contributed by atoms with van der Waals surface area (Å²) in [5.41, 5.74) is -1.05. The first-order valence-electron chi connectivity index (χ1n) is 8.87. The molecule has 3 rings (SSSR count). The number of Topliss-reactive ketones (excluding diaryl/α,β-unsaturated/α-hetero) is 1. The molecule has 1 heterocycles. The Morgan fingerprint density at radius 1 is 1.14 bits per heavy atom. The van der Waals surface area contributed by atoms with Crippen LogP contribution >= 0.6 is 0 Å². The maximum Gasteiger partial charge on any atom is 0.326 e. The zero-order valence-electron chi connectivity index (χ0n) is 15.7. The SMILES string of the molecule is CCOC(=O)CN1C(=O)[C@](O)(CC(=O)c2cccc(OC)c2)c2ccccc21. The summed E-state index contributed by atoms with van der Waals surface area (Å²) in [6.07, 6.45) is -0.449. The van der Waals surface area contributed by atoms with Crippen LogP contribution in [-0.4, -0.2) is 43.0 Å². The maximum atomic E-state index is 13.0. The van der Waals surface area contributed by atoms with Crippen LogP contribution in [0.4, 0.5) is 5.69 Å². The maximum absolute atomic E-state index is 13.0. The third-order valence-electron chi connectivity index (χ3n) is 4.64. The predicted octanol–water partition coefficient (Wildman–Crippen LogP) is 2.07. The standard InChI is InChI=1S/C21H21NO6/c1-3-28-19(24)13-22-17-10-5-4-9-16(17)21(26,20(22)25)12-18(23)14-7-6-8-15(11-14)27-2/h4-11,26H,3,12-13H2,1-2H3/t21-/m0/s1. The molecule has 0 bridgehead atoms. The molecule has 146 valence electrons. The molecule has 1 N–H and O–H groups in total. The van der Waals surface area contributed by atoms with E-state index in [-0.39, 0.29) is 13.2 Å². The Hall–Kier alpha value is -3.19. The van der Waals surface area contributed by atoms with Crippen molar-refractivity contribution < 1.29 is 29.0 Å². The van der Waals surface area contributed by atoms with Crippen LogP contribution in [-0.2, 0) is 19.9 Å². The molecule has 7 heteroatoms. The lowest BCUT2D eigenvalue weighted by Crippen LogP contribution is -2.44. The highest BCUT2D eigenvalue weighted by Crippen LogP contribution is 2.42. The minimum absolute atomic E-state index is 0.182. The lowest BCUT2D eigenvalue weighted by Gasteiger charge is -2.22. The minimum atomic E-state index is -2.05. The van der Waals surface area contributed by atoms with Gasteiger partial charge in [-0.1, -0.05) is 30.3 Å². The second kappa shape index (κ2) is 7.82. The third kappa shape index (κ3) is 3.48. The largest absolute Gasteiger partial charge is 0.497 e. The number of hydrogen-bond acceptors (Lipinski definition) is 6. The molecule has 0 aromatic heterocycles. The van der Waals surface area contributed by atoms with Crippen molar-refractivity contribution in [2.45, 2.75) is 18.9 Å². The quantitative estimate of drug-likeness (QED) is 0.581. The average Bonchev–Trinajstić information content (AvgIpc) is 2.90. The highest BCUT2D eigenvalue weighted by molar-refractivity contribution is 6.12. The minimum Gasteiger partial charge on any atom is -0.497 e. The second-order valence-electron chi connectivity index (χ2n) is 6.41. The molecule has 0 radical (unpaired) electrons. The highest BCUT2D eigenvalue weighted by atomic mass is 16.5. The van der Waals surface area contributed by atoms with Gasteiger partial charge >= 0.3 is 5.97 Å². The molecule has 0 saturated heterocycles. The zero-order chi connectivity index (χ0) is 20.3. The lowest BCUT2D eigenvalue weighted by molar-refractivity contribution is -0.144. The van der Waals surface area contributed by atoms with E-state index in [9.17, 15) is 19.5 Å². The highest BCUT2D eigenvalue weighted by Gasteiger charge is 2.51. The fourth-order valence-electron chi connectivity index (χ4n) is 3.30. The van der Waals surface area contributed by atoms with E-state index in [1.165, 1.54) is 7.11 Å². The summed E-state index contributed by atoms with van der Waals surface area (Å²) < 4.78 is 10.0. The molecular weight excluding hydrogens is 362 g/mol. The molecule has 0 unspecified atom stereocenters. The first-order valence-corrected chi connectivity index (χ1v) is 8.87. The molecule has 0 fully saturated rings. The number of nitrogens with zero attached hydrogens (tertiary/aromatic N) is 1. The number of ketones is 1. The van der Waals surface area contributed by atoms with Crippen LogP contribution in [0.15, 0.2) is 48.5 Å². The summed E-state index contributed by atoms with van der Waals surface area (Å²) in [4.78, 5) is 38.8. The predicted molar refractivity (Wildman–Crippen MR) is 101 cm³/mol. The van der Waals surface area contributed by atoms with Gasteiger partial charge in [-0.3, -0.25) is 19.3 Å². The molecule has 0 saturated carbocycles. The van der Waals surface area contributed by atoms with Gasteiger partial charge in [0.25, 0.3) is 5.91 Å². The Morgan fingerprint density at radius 3 is 2.61 bits per heavy atom. The van der Waals surface area contributed by atoms with Gasteiger partial charge < -0.3 is 14.6 Å². The van der Waals surface area contributed by atoms with Crippen molar-refractivity contribution in [3.8, 4) is 5.75 Å². The number of hydrogen-bond donors (Lipinski definition) is 1. The van der Waals surface area contributed by atoms with Crippen LogP contribution in [0.3, 0.4) is 0 Å². The molecule has 7 nitrogen and oxygen atoms in total. The van der Waals surface area contributed by atoms with Crippen molar-refractivity contribution in [3.63, 3.8) is 0 Å². The molecular formula is C21H21NO6. The number of aliphatic hydroxyl groups is 1. The smallest absolute Gasteiger partial charge is 0.326 e. The van der Waals surface area contributed by atoms with Crippen molar-refractivity contribution in [2.24, 2.45) is 0 Å². The van der Waals surface area contributed by atoms with Crippen molar-refractivity contribution in [1.82, 2.24) is 0 Å². The van der Waals surface area contributed by atoms with Crippen molar-refractivity contribution in [1.29, 1.82) is 0 Å². The van der Waals surface area contributed by atoms with E-state index >= 15 is 0 Å². The van der Waals surface area contributed by atoms with Crippen LogP contribution in [0.25, 0.3) is 0 Å². The number of carbonyl (C=O) groups excluding carboxylic acids is 3. The number of esters is 1. The number of methoxy groups -OCH3 is 1. The Morgan fingerprint density at radius 2 is 1.89 bits per heavy atom. The Balaban J connectivity index is 1.92. The molecule has 1 atom stereocenters. The Bertz CT molecular complexity index is 925. The van der Waals surface area contributed by atoms with E-state index in [0.29, 0.717) is 22.6 Å². The summed E-state index contributed by atoms with van der Waals surface area (Å²) in [7, 11) is 1.49. The van der Waals surface area contributed by atoms with E-state index in [1.807, 2.05) is 0 Å². The fourth-order valence-corrected chi connectivity index (χ4v) is 3.30. The molecule has 2 aromatic carbocycles. The average molecular weight is 383 g/mol. The number of ether oxygens (including phenoxy) is 2. The molecule has 1 aliphatic rings. The van der Waals surface area contributed by atoms with Crippen LogP contribution in [0.1, 0.15) is 29.3 Å². The van der Waals surface area contributed by atoms with Crippen molar-refractivity contribution >= 4 is 23.3 Å². The molecule has 0 spiro atoms. The lowest BCUT2D eigenvalue weighted by atomic mass is 9.88. The summed E-state index contributed by atoms with van der Waals surface area (Å²) >= 11 is 0. The summed E-state index contributed by atoms with van der Waals surface area (Å²) in [6, 6.07) is 13.1. The molecule has 2 aromatic rings. The summed E-state index contributed by atoms with van der Waals surface area (Å²) in [6.45, 7) is 1.52. The van der Waals surface area contributed by atoms with Gasteiger partial charge in [0.2, 0.25) is 0 Å². The summed E-state index contributed by atoms with van der Waals surface area (Å²) in [5.74, 6) is -1.23. The number of anilines is 1. The monoisotopic (exact) mass is 383 g/mol. The summed E-state index contributed by atoms with van der Waals surface area (Å²) in [5, 5.41) is 11.2. The molecule has 1 amide bonds. The first kappa shape index (κ1) is 19.6. The van der Waals surface area contributed by atoms with Gasteiger partial charge in [0.1, 0.15) is 12.3 Å².